The zero-order valence-corrected chi connectivity index (χ0v) is 9.07. The molecule has 1 aromatic heterocycles. The first-order valence-electron chi connectivity index (χ1n) is 4.90. The predicted octanol–water partition coefficient (Wildman–Crippen LogP) is 1.68. The molecule has 1 aromatic rings. The molecule has 0 fully saturated rings. The van der Waals surface area contributed by atoms with Crippen molar-refractivity contribution in [3.8, 4) is 0 Å². The first kappa shape index (κ1) is 11.0. The van der Waals surface area contributed by atoms with Gasteiger partial charge < -0.3 is 10.0 Å². The number of aromatic nitrogens is 1. The number of rotatable bonds is 4. The summed E-state index contributed by atoms with van der Waals surface area (Å²) in [5, 5.41) is 9.72. The number of nitrogens with zero attached hydrogens (tertiary/aromatic N) is 2. The van der Waals surface area contributed by atoms with Crippen LogP contribution < -0.4 is 4.90 Å². The van der Waals surface area contributed by atoms with Crippen LogP contribution in [-0.2, 0) is 0 Å². The number of hydrogen-bond donors (Lipinski definition) is 1. The van der Waals surface area contributed by atoms with Gasteiger partial charge in [0.2, 0.25) is 0 Å². The maximum atomic E-state index is 9.72. The monoisotopic (exact) mass is 194 g/mol. The molecule has 0 amide bonds. The summed E-state index contributed by atoms with van der Waals surface area (Å²) in [5.74, 6) is 0. The molecule has 0 saturated heterocycles. The molecular formula is C11H18N2O. The number of hydrogen-bond acceptors (Lipinski definition) is 3. The van der Waals surface area contributed by atoms with Crippen LogP contribution >= 0.6 is 0 Å². The Hall–Kier alpha value is -1.09. The first-order valence-corrected chi connectivity index (χ1v) is 4.90. The van der Waals surface area contributed by atoms with Crippen molar-refractivity contribution in [3.63, 3.8) is 0 Å². The summed E-state index contributed by atoms with van der Waals surface area (Å²) in [7, 11) is 0. The summed E-state index contributed by atoms with van der Waals surface area (Å²) >= 11 is 0. The highest BCUT2D eigenvalue weighted by Crippen LogP contribution is 2.15. The highest BCUT2D eigenvalue weighted by atomic mass is 16.3. The highest BCUT2D eigenvalue weighted by Gasteiger charge is 2.17. The van der Waals surface area contributed by atoms with Gasteiger partial charge >= 0.3 is 0 Å². The van der Waals surface area contributed by atoms with Gasteiger partial charge in [-0.3, -0.25) is 4.98 Å². The van der Waals surface area contributed by atoms with Crippen molar-refractivity contribution in [2.45, 2.75) is 26.4 Å². The van der Waals surface area contributed by atoms with Gasteiger partial charge in [-0.15, -0.1) is 0 Å². The average molecular weight is 194 g/mol. The van der Waals surface area contributed by atoms with Crippen LogP contribution in [0.5, 0.6) is 0 Å². The molecule has 78 valence electrons. The van der Waals surface area contributed by atoms with Crippen LogP contribution in [0.2, 0.25) is 0 Å². The van der Waals surface area contributed by atoms with Crippen molar-refractivity contribution in [2.24, 2.45) is 0 Å². The van der Waals surface area contributed by atoms with E-state index in [2.05, 4.69) is 16.8 Å². The Morgan fingerprint density at radius 3 is 2.36 bits per heavy atom. The van der Waals surface area contributed by atoms with Crippen molar-refractivity contribution in [1.29, 1.82) is 0 Å². The third-order valence-corrected chi connectivity index (χ3v) is 1.99. The zero-order chi connectivity index (χ0) is 10.6. The molecule has 0 unspecified atom stereocenters. The smallest absolute Gasteiger partial charge is 0.0765 e. The minimum atomic E-state index is -0.667. The molecule has 0 aliphatic heterocycles. The van der Waals surface area contributed by atoms with Crippen molar-refractivity contribution >= 4 is 5.69 Å². The lowest BCUT2D eigenvalue weighted by molar-refractivity contribution is 0.0876. The van der Waals surface area contributed by atoms with Crippen LogP contribution in [0.4, 0.5) is 5.69 Å². The number of pyridine rings is 1. The van der Waals surface area contributed by atoms with Crippen molar-refractivity contribution in [1.82, 2.24) is 4.98 Å². The van der Waals surface area contributed by atoms with Gasteiger partial charge in [-0.25, -0.2) is 0 Å². The second kappa shape index (κ2) is 4.42. The van der Waals surface area contributed by atoms with Gasteiger partial charge in [-0.2, -0.15) is 0 Å². The van der Waals surface area contributed by atoms with Crippen LogP contribution in [0.1, 0.15) is 20.8 Å². The normalized spacial score (nSPS) is 11.4. The van der Waals surface area contributed by atoms with Gasteiger partial charge in [0.15, 0.2) is 0 Å². The minimum Gasteiger partial charge on any atom is -0.389 e. The summed E-state index contributed by atoms with van der Waals surface area (Å²) in [5.41, 5.74) is 0.434. The largest absolute Gasteiger partial charge is 0.389 e. The Balaban J connectivity index is 2.73. The third-order valence-electron chi connectivity index (χ3n) is 1.99. The van der Waals surface area contributed by atoms with E-state index < -0.39 is 5.60 Å². The molecule has 0 aromatic carbocycles. The van der Waals surface area contributed by atoms with Gasteiger partial charge in [0.25, 0.3) is 0 Å². The number of likely N-dealkylation sites (N-methyl/N-ethyl adjacent to an activating group) is 1. The Morgan fingerprint density at radius 1 is 1.36 bits per heavy atom. The molecule has 1 heterocycles. The van der Waals surface area contributed by atoms with E-state index in [1.54, 1.807) is 12.4 Å². The number of anilines is 1. The van der Waals surface area contributed by atoms with Gasteiger partial charge in [0.1, 0.15) is 0 Å². The predicted molar refractivity (Wildman–Crippen MR) is 58.4 cm³/mol. The van der Waals surface area contributed by atoms with Gasteiger partial charge in [0, 0.05) is 31.2 Å². The lowest BCUT2D eigenvalue weighted by atomic mass is 10.1. The van der Waals surface area contributed by atoms with Gasteiger partial charge in [-0.1, -0.05) is 0 Å². The molecule has 1 rings (SSSR count). The van der Waals surface area contributed by atoms with E-state index in [0.717, 1.165) is 12.2 Å². The summed E-state index contributed by atoms with van der Waals surface area (Å²) in [4.78, 5) is 6.10. The fraction of sp³-hybridized carbons (Fsp3) is 0.545. The minimum absolute atomic E-state index is 0.632. The fourth-order valence-electron chi connectivity index (χ4n) is 1.41. The fourth-order valence-corrected chi connectivity index (χ4v) is 1.41. The quantitative estimate of drug-likeness (QED) is 0.792. The molecule has 0 saturated carbocycles. The first-order chi connectivity index (χ1) is 6.53. The molecule has 0 bridgehead atoms. The molecule has 14 heavy (non-hydrogen) atoms. The summed E-state index contributed by atoms with van der Waals surface area (Å²) in [6.45, 7) is 7.22. The van der Waals surface area contributed by atoms with Crippen LogP contribution in [0.25, 0.3) is 0 Å². The second-order valence-corrected chi connectivity index (χ2v) is 4.03. The van der Waals surface area contributed by atoms with Crippen LogP contribution in [-0.4, -0.2) is 28.8 Å². The molecule has 1 N–H and O–H groups in total. The Labute approximate surface area is 85.4 Å². The van der Waals surface area contributed by atoms with Gasteiger partial charge in [-0.05, 0) is 32.9 Å². The van der Waals surface area contributed by atoms with E-state index in [1.807, 2.05) is 26.0 Å². The van der Waals surface area contributed by atoms with E-state index in [9.17, 15) is 5.11 Å². The summed E-state index contributed by atoms with van der Waals surface area (Å²) in [6.07, 6.45) is 3.53. The maximum Gasteiger partial charge on any atom is 0.0765 e. The second-order valence-electron chi connectivity index (χ2n) is 4.03. The van der Waals surface area contributed by atoms with Gasteiger partial charge in [0.05, 0.1) is 5.60 Å². The molecule has 0 aliphatic rings. The summed E-state index contributed by atoms with van der Waals surface area (Å²) in [6, 6.07) is 3.91. The van der Waals surface area contributed by atoms with Crippen molar-refractivity contribution < 1.29 is 5.11 Å². The Morgan fingerprint density at radius 2 is 1.93 bits per heavy atom. The van der Waals surface area contributed by atoms with E-state index in [-0.39, 0.29) is 0 Å². The van der Waals surface area contributed by atoms with Crippen molar-refractivity contribution in [3.05, 3.63) is 24.5 Å². The summed E-state index contributed by atoms with van der Waals surface area (Å²) < 4.78 is 0. The molecule has 0 atom stereocenters. The van der Waals surface area contributed by atoms with Crippen molar-refractivity contribution in [2.75, 3.05) is 18.0 Å². The molecule has 0 radical (unpaired) electrons. The van der Waals surface area contributed by atoms with E-state index in [0.29, 0.717) is 6.54 Å². The third kappa shape index (κ3) is 3.34. The zero-order valence-electron chi connectivity index (χ0n) is 9.07. The number of aliphatic hydroxyl groups is 1. The van der Waals surface area contributed by atoms with Crippen LogP contribution in [0, 0.1) is 0 Å². The maximum absolute atomic E-state index is 9.72. The topological polar surface area (TPSA) is 36.4 Å². The van der Waals surface area contributed by atoms with Crippen LogP contribution in [0.3, 0.4) is 0 Å². The molecule has 3 nitrogen and oxygen atoms in total. The average Bonchev–Trinajstić information content (AvgIpc) is 2.14. The Bertz CT molecular complexity index is 266. The SMILES string of the molecule is CCN(CC(C)(C)O)c1ccncc1. The highest BCUT2D eigenvalue weighted by molar-refractivity contribution is 5.44. The molecular weight excluding hydrogens is 176 g/mol. The van der Waals surface area contributed by atoms with E-state index >= 15 is 0 Å². The standard InChI is InChI=1S/C11H18N2O/c1-4-13(9-11(2,3)14)10-5-7-12-8-6-10/h5-8,14H,4,9H2,1-3H3. The Kier molecular flexibility index (Phi) is 3.47. The molecule has 0 spiro atoms. The lowest BCUT2D eigenvalue weighted by Gasteiger charge is -2.29. The molecule has 3 heteroatoms. The van der Waals surface area contributed by atoms with Crippen LogP contribution in [0.15, 0.2) is 24.5 Å². The van der Waals surface area contributed by atoms with E-state index in [4.69, 9.17) is 0 Å². The lowest BCUT2D eigenvalue weighted by Crippen LogP contribution is -2.38. The molecule has 0 aliphatic carbocycles. The van der Waals surface area contributed by atoms with E-state index in [1.165, 1.54) is 0 Å².